The smallest absolute Gasteiger partial charge is 0.243 e. The van der Waals surface area contributed by atoms with Crippen LogP contribution in [0.1, 0.15) is 33.3 Å². The van der Waals surface area contributed by atoms with Gasteiger partial charge in [0.25, 0.3) is 0 Å². The van der Waals surface area contributed by atoms with E-state index in [1.807, 2.05) is 45.9 Å². The molecule has 0 aliphatic rings. The van der Waals surface area contributed by atoms with Crippen molar-refractivity contribution in [1.29, 1.82) is 0 Å². The van der Waals surface area contributed by atoms with Crippen LogP contribution < -0.4 is 10.6 Å². The fourth-order valence-corrected chi connectivity index (χ4v) is 3.00. The van der Waals surface area contributed by atoms with E-state index in [1.54, 1.807) is 18.8 Å². The second kappa shape index (κ2) is 8.22. The van der Waals surface area contributed by atoms with Crippen LogP contribution in [-0.2, 0) is 15.3 Å². The summed E-state index contributed by atoms with van der Waals surface area (Å²) in [6.07, 6.45) is 0. The Morgan fingerprint density at radius 2 is 1.73 bits per heavy atom. The average molecular weight is 322 g/mol. The monoisotopic (exact) mass is 322 g/mol. The van der Waals surface area contributed by atoms with Crippen LogP contribution in [-0.4, -0.2) is 29.7 Å². The normalized spacial score (nSPS) is 12.8. The fourth-order valence-electron chi connectivity index (χ4n) is 1.94. The van der Waals surface area contributed by atoms with Crippen molar-refractivity contribution >= 4 is 23.6 Å². The molecule has 0 aromatic heterocycles. The Hall–Kier alpha value is -1.49. The summed E-state index contributed by atoms with van der Waals surface area (Å²) in [5.41, 5.74) is 1.20. The van der Waals surface area contributed by atoms with Crippen LogP contribution in [0.2, 0.25) is 0 Å². The molecule has 0 saturated heterocycles. The molecule has 1 unspecified atom stereocenters. The maximum absolute atomic E-state index is 12.2. The molecule has 0 bridgehead atoms. The Labute approximate surface area is 137 Å². The van der Waals surface area contributed by atoms with Crippen LogP contribution in [0.5, 0.6) is 0 Å². The summed E-state index contributed by atoms with van der Waals surface area (Å²) in [7, 11) is 1.59. The molecule has 0 spiro atoms. The number of likely N-dealkylation sites (N-methyl/N-ethyl adjacent to an activating group) is 1. The topological polar surface area (TPSA) is 58.2 Å². The van der Waals surface area contributed by atoms with Crippen molar-refractivity contribution in [2.24, 2.45) is 5.92 Å². The molecule has 5 heteroatoms. The Bertz CT molecular complexity index is 501. The lowest BCUT2D eigenvalue weighted by atomic mass is 10.0. The number of carbonyl (C=O) groups is 2. The summed E-state index contributed by atoms with van der Waals surface area (Å²) >= 11 is 1.66. The number of hydrogen-bond acceptors (Lipinski definition) is 3. The quantitative estimate of drug-likeness (QED) is 0.811. The third kappa shape index (κ3) is 5.37. The predicted molar refractivity (Wildman–Crippen MR) is 92.7 cm³/mol. The molecule has 1 atom stereocenters. The van der Waals surface area contributed by atoms with Crippen molar-refractivity contribution in [2.75, 3.05) is 7.05 Å². The maximum atomic E-state index is 12.2. The standard InChI is InChI=1S/C17H26N2O2S/c1-12(2)15(20)19-14(16(21)18-5)17(3,4)22-11-13-9-7-6-8-10-13/h6-10,12,14H,11H2,1-5H3,(H,18,21)(H,19,20). The van der Waals surface area contributed by atoms with Crippen molar-refractivity contribution in [3.05, 3.63) is 35.9 Å². The minimum absolute atomic E-state index is 0.109. The summed E-state index contributed by atoms with van der Waals surface area (Å²) in [5, 5.41) is 5.52. The molecule has 2 N–H and O–H groups in total. The van der Waals surface area contributed by atoms with E-state index >= 15 is 0 Å². The molecular weight excluding hydrogens is 296 g/mol. The molecule has 0 radical (unpaired) electrons. The van der Waals surface area contributed by atoms with Gasteiger partial charge >= 0.3 is 0 Å². The predicted octanol–water partition coefficient (Wildman–Crippen LogP) is 2.59. The number of amides is 2. The third-order valence-corrected chi connectivity index (χ3v) is 4.93. The average Bonchev–Trinajstić information content (AvgIpc) is 2.50. The van der Waals surface area contributed by atoms with Crippen LogP contribution in [0.25, 0.3) is 0 Å². The lowest BCUT2D eigenvalue weighted by Crippen LogP contribution is -2.56. The van der Waals surface area contributed by atoms with Crippen molar-refractivity contribution in [2.45, 2.75) is 44.2 Å². The number of rotatable bonds is 7. The van der Waals surface area contributed by atoms with Gasteiger partial charge in [0.05, 0.1) is 0 Å². The van der Waals surface area contributed by atoms with Gasteiger partial charge in [0.2, 0.25) is 11.8 Å². The first-order chi connectivity index (χ1) is 10.3. The van der Waals surface area contributed by atoms with E-state index in [0.29, 0.717) is 0 Å². The van der Waals surface area contributed by atoms with Gasteiger partial charge in [0, 0.05) is 23.5 Å². The van der Waals surface area contributed by atoms with E-state index in [2.05, 4.69) is 22.8 Å². The minimum Gasteiger partial charge on any atom is -0.357 e. The highest BCUT2D eigenvalue weighted by atomic mass is 32.2. The summed E-state index contributed by atoms with van der Waals surface area (Å²) in [6.45, 7) is 7.61. The number of nitrogens with one attached hydrogen (secondary N) is 2. The summed E-state index contributed by atoms with van der Waals surface area (Å²) in [5.74, 6) is 0.363. The van der Waals surface area contributed by atoms with Gasteiger partial charge in [-0.05, 0) is 19.4 Å². The van der Waals surface area contributed by atoms with Crippen LogP contribution in [0.3, 0.4) is 0 Å². The highest BCUT2D eigenvalue weighted by Gasteiger charge is 2.36. The van der Waals surface area contributed by atoms with Crippen molar-refractivity contribution < 1.29 is 9.59 Å². The first-order valence-corrected chi connectivity index (χ1v) is 8.46. The molecule has 22 heavy (non-hydrogen) atoms. The van der Waals surface area contributed by atoms with E-state index in [1.165, 1.54) is 5.56 Å². The van der Waals surface area contributed by atoms with Gasteiger partial charge in [0.15, 0.2) is 0 Å². The molecule has 0 aliphatic carbocycles. The molecule has 1 aromatic rings. The van der Waals surface area contributed by atoms with E-state index < -0.39 is 10.8 Å². The zero-order valence-corrected chi connectivity index (χ0v) is 14.8. The number of hydrogen-bond donors (Lipinski definition) is 2. The van der Waals surface area contributed by atoms with Crippen LogP contribution in [0, 0.1) is 5.92 Å². The number of benzene rings is 1. The van der Waals surface area contributed by atoms with E-state index in [0.717, 1.165) is 5.75 Å². The van der Waals surface area contributed by atoms with Crippen molar-refractivity contribution in [3.63, 3.8) is 0 Å². The van der Waals surface area contributed by atoms with Crippen LogP contribution >= 0.6 is 11.8 Å². The van der Waals surface area contributed by atoms with E-state index in [9.17, 15) is 9.59 Å². The minimum atomic E-state index is -0.568. The summed E-state index contributed by atoms with van der Waals surface area (Å²) < 4.78 is -0.416. The first kappa shape index (κ1) is 18.6. The molecule has 0 saturated carbocycles. The largest absolute Gasteiger partial charge is 0.357 e. The van der Waals surface area contributed by atoms with Gasteiger partial charge in [-0.2, -0.15) is 0 Å². The highest BCUT2D eigenvalue weighted by molar-refractivity contribution is 7.99. The van der Waals surface area contributed by atoms with E-state index in [-0.39, 0.29) is 17.7 Å². The molecular formula is C17H26N2O2S. The Kier molecular flexibility index (Phi) is 6.94. The SMILES string of the molecule is CNC(=O)C(NC(=O)C(C)C)C(C)(C)SCc1ccccc1. The Balaban J connectivity index is 2.81. The Morgan fingerprint density at radius 1 is 1.14 bits per heavy atom. The Morgan fingerprint density at radius 3 is 2.23 bits per heavy atom. The first-order valence-electron chi connectivity index (χ1n) is 7.47. The highest BCUT2D eigenvalue weighted by Crippen LogP contribution is 2.31. The second-order valence-electron chi connectivity index (χ2n) is 6.09. The summed E-state index contributed by atoms with van der Waals surface area (Å²) in [4.78, 5) is 24.2. The maximum Gasteiger partial charge on any atom is 0.243 e. The van der Waals surface area contributed by atoms with Crippen molar-refractivity contribution in [3.8, 4) is 0 Å². The second-order valence-corrected chi connectivity index (χ2v) is 7.72. The third-order valence-electron chi connectivity index (χ3n) is 3.47. The van der Waals surface area contributed by atoms with Gasteiger partial charge in [0.1, 0.15) is 6.04 Å². The lowest BCUT2D eigenvalue weighted by Gasteiger charge is -2.33. The van der Waals surface area contributed by atoms with E-state index in [4.69, 9.17) is 0 Å². The van der Waals surface area contributed by atoms with Crippen LogP contribution in [0.15, 0.2) is 30.3 Å². The molecule has 1 rings (SSSR count). The molecule has 0 fully saturated rings. The lowest BCUT2D eigenvalue weighted by molar-refractivity contribution is -0.130. The molecule has 0 aliphatic heterocycles. The zero-order chi connectivity index (χ0) is 16.8. The zero-order valence-electron chi connectivity index (χ0n) is 14.0. The molecule has 4 nitrogen and oxygen atoms in total. The summed E-state index contributed by atoms with van der Waals surface area (Å²) in [6, 6.07) is 9.53. The fraction of sp³-hybridized carbons (Fsp3) is 0.529. The van der Waals surface area contributed by atoms with Gasteiger partial charge in [-0.25, -0.2) is 0 Å². The van der Waals surface area contributed by atoms with Gasteiger partial charge in [-0.3, -0.25) is 9.59 Å². The van der Waals surface area contributed by atoms with Gasteiger partial charge in [-0.1, -0.05) is 44.2 Å². The van der Waals surface area contributed by atoms with Gasteiger partial charge < -0.3 is 10.6 Å². The number of thioether (sulfide) groups is 1. The molecule has 2 amide bonds. The molecule has 1 aromatic carbocycles. The molecule has 0 heterocycles. The van der Waals surface area contributed by atoms with Crippen LogP contribution in [0.4, 0.5) is 0 Å². The number of carbonyl (C=O) groups excluding carboxylic acids is 2. The van der Waals surface area contributed by atoms with Crippen molar-refractivity contribution in [1.82, 2.24) is 10.6 Å². The van der Waals surface area contributed by atoms with Gasteiger partial charge in [-0.15, -0.1) is 11.8 Å². The molecule has 122 valence electrons.